The predicted octanol–water partition coefficient (Wildman–Crippen LogP) is 4.75. The standard InChI is InChI=1S/C20H17FIN3O/c21-13-9-11-14(12-10-13)25-18-8-4-1-5-15(18)19(24-25)20(26)23-17-7-3-2-6-16(17)22/h2-3,6-7,9-12H,1,4-5,8H2,(H,23,26). The van der Waals surface area contributed by atoms with E-state index in [2.05, 4.69) is 33.0 Å². The lowest BCUT2D eigenvalue weighted by Gasteiger charge is -2.14. The maximum atomic E-state index is 13.3. The van der Waals surface area contributed by atoms with E-state index < -0.39 is 0 Å². The number of para-hydroxylation sites is 1. The number of benzene rings is 2. The van der Waals surface area contributed by atoms with Gasteiger partial charge in [0.15, 0.2) is 5.69 Å². The number of hydrogen-bond donors (Lipinski definition) is 1. The summed E-state index contributed by atoms with van der Waals surface area (Å²) < 4.78 is 16.0. The summed E-state index contributed by atoms with van der Waals surface area (Å²) in [4.78, 5) is 12.9. The first kappa shape index (κ1) is 17.2. The number of nitrogens with zero attached hydrogens (tertiary/aromatic N) is 2. The Hall–Kier alpha value is -2.22. The van der Waals surface area contributed by atoms with Crippen molar-refractivity contribution in [3.05, 3.63) is 74.9 Å². The molecule has 0 aliphatic heterocycles. The third-order valence-corrected chi connectivity index (χ3v) is 5.53. The molecule has 0 spiro atoms. The minimum Gasteiger partial charge on any atom is -0.320 e. The van der Waals surface area contributed by atoms with Crippen molar-refractivity contribution < 1.29 is 9.18 Å². The molecule has 0 atom stereocenters. The number of amides is 1. The molecule has 0 saturated carbocycles. The highest BCUT2D eigenvalue weighted by molar-refractivity contribution is 14.1. The zero-order valence-corrected chi connectivity index (χ0v) is 16.2. The summed E-state index contributed by atoms with van der Waals surface area (Å²) in [5.41, 5.74) is 4.07. The Labute approximate surface area is 164 Å². The van der Waals surface area contributed by atoms with Crippen LogP contribution in [0.15, 0.2) is 48.5 Å². The van der Waals surface area contributed by atoms with Gasteiger partial charge in [-0.2, -0.15) is 5.10 Å². The lowest BCUT2D eigenvalue weighted by molar-refractivity contribution is 0.102. The number of hydrogen-bond acceptors (Lipinski definition) is 2. The van der Waals surface area contributed by atoms with Gasteiger partial charge >= 0.3 is 0 Å². The Bertz CT molecular complexity index is 966. The molecule has 132 valence electrons. The summed E-state index contributed by atoms with van der Waals surface area (Å²) in [6, 6.07) is 13.9. The zero-order valence-electron chi connectivity index (χ0n) is 14.0. The number of rotatable bonds is 3. The maximum absolute atomic E-state index is 13.3. The van der Waals surface area contributed by atoms with Gasteiger partial charge in [-0.1, -0.05) is 12.1 Å². The van der Waals surface area contributed by atoms with Crippen LogP contribution >= 0.6 is 22.6 Å². The molecular weight excluding hydrogens is 444 g/mol. The monoisotopic (exact) mass is 461 g/mol. The topological polar surface area (TPSA) is 46.9 Å². The van der Waals surface area contributed by atoms with Crippen LogP contribution in [0.4, 0.5) is 10.1 Å². The number of anilines is 1. The quantitative estimate of drug-likeness (QED) is 0.573. The van der Waals surface area contributed by atoms with Crippen molar-refractivity contribution in [3.63, 3.8) is 0 Å². The van der Waals surface area contributed by atoms with Crippen LogP contribution in [-0.4, -0.2) is 15.7 Å². The van der Waals surface area contributed by atoms with E-state index in [1.807, 2.05) is 24.3 Å². The number of fused-ring (bicyclic) bond motifs is 1. The van der Waals surface area contributed by atoms with Gasteiger partial charge in [0.1, 0.15) is 5.82 Å². The highest BCUT2D eigenvalue weighted by Crippen LogP contribution is 2.28. The molecular formula is C20H17FIN3O. The Morgan fingerprint density at radius 3 is 2.58 bits per heavy atom. The van der Waals surface area contributed by atoms with Crippen LogP contribution < -0.4 is 5.32 Å². The highest BCUT2D eigenvalue weighted by Gasteiger charge is 2.25. The smallest absolute Gasteiger partial charge is 0.276 e. The second-order valence-electron chi connectivity index (χ2n) is 6.30. The van der Waals surface area contributed by atoms with E-state index in [9.17, 15) is 9.18 Å². The summed E-state index contributed by atoms with van der Waals surface area (Å²) >= 11 is 2.20. The van der Waals surface area contributed by atoms with Gasteiger partial charge in [0.25, 0.3) is 5.91 Å². The Balaban J connectivity index is 1.73. The molecule has 0 fully saturated rings. The van der Waals surface area contributed by atoms with Crippen LogP contribution in [0.2, 0.25) is 0 Å². The van der Waals surface area contributed by atoms with Crippen molar-refractivity contribution in [2.45, 2.75) is 25.7 Å². The zero-order chi connectivity index (χ0) is 18.1. The molecule has 26 heavy (non-hydrogen) atoms. The van der Waals surface area contributed by atoms with Crippen LogP contribution in [0.3, 0.4) is 0 Å². The molecule has 1 aliphatic rings. The van der Waals surface area contributed by atoms with E-state index in [4.69, 9.17) is 0 Å². The van der Waals surface area contributed by atoms with Crippen LogP contribution in [-0.2, 0) is 12.8 Å². The molecule has 3 aromatic rings. The number of carbonyl (C=O) groups is 1. The van der Waals surface area contributed by atoms with Crippen LogP contribution in [0.25, 0.3) is 5.69 Å². The summed E-state index contributed by atoms with van der Waals surface area (Å²) in [5.74, 6) is -0.487. The van der Waals surface area contributed by atoms with Crippen LogP contribution in [0, 0.1) is 9.39 Å². The lowest BCUT2D eigenvalue weighted by Crippen LogP contribution is -2.16. The largest absolute Gasteiger partial charge is 0.320 e. The lowest BCUT2D eigenvalue weighted by atomic mass is 9.95. The van der Waals surface area contributed by atoms with E-state index >= 15 is 0 Å². The van der Waals surface area contributed by atoms with Crippen LogP contribution in [0.1, 0.15) is 34.6 Å². The van der Waals surface area contributed by atoms with Gasteiger partial charge in [-0.25, -0.2) is 9.07 Å². The average Bonchev–Trinajstić information content (AvgIpc) is 3.04. The fourth-order valence-electron chi connectivity index (χ4n) is 3.32. The van der Waals surface area contributed by atoms with Crippen molar-refractivity contribution >= 4 is 34.2 Å². The molecule has 1 aliphatic carbocycles. The van der Waals surface area contributed by atoms with Crippen molar-refractivity contribution in [2.75, 3.05) is 5.32 Å². The molecule has 4 rings (SSSR count). The molecule has 0 saturated heterocycles. The van der Waals surface area contributed by atoms with E-state index in [0.29, 0.717) is 5.69 Å². The molecule has 0 bridgehead atoms. The molecule has 1 amide bonds. The Kier molecular flexibility index (Phi) is 4.76. The van der Waals surface area contributed by atoms with E-state index in [1.54, 1.807) is 16.8 Å². The molecule has 0 radical (unpaired) electrons. The van der Waals surface area contributed by atoms with Gasteiger partial charge in [-0.15, -0.1) is 0 Å². The average molecular weight is 461 g/mol. The minimum absolute atomic E-state index is 0.201. The van der Waals surface area contributed by atoms with Crippen molar-refractivity contribution in [1.29, 1.82) is 0 Å². The number of carbonyl (C=O) groups excluding carboxylic acids is 1. The summed E-state index contributed by atoms with van der Waals surface area (Å²) in [6.07, 6.45) is 3.82. The molecule has 2 aromatic carbocycles. The maximum Gasteiger partial charge on any atom is 0.276 e. The summed E-state index contributed by atoms with van der Waals surface area (Å²) in [7, 11) is 0. The van der Waals surface area contributed by atoms with Gasteiger partial charge in [0.05, 0.1) is 11.4 Å². The van der Waals surface area contributed by atoms with Gasteiger partial charge in [-0.3, -0.25) is 4.79 Å². The normalized spacial score (nSPS) is 13.3. The van der Waals surface area contributed by atoms with E-state index in [0.717, 1.165) is 51.9 Å². The summed E-state index contributed by atoms with van der Waals surface area (Å²) in [5, 5.41) is 7.57. The molecule has 1 heterocycles. The first-order valence-electron chi connectivity index (χ1n) is 8.56. The third kappa shape index (κ3) is 3.25. The van der Waals surface area contributed by atoms with Crippen molar-refractivity contribution in [1.82, 2.24) is 9.78 Å². The van der Waals surface area contributed by atoms with Gasteiger partial charge in [0, 0.05) is 14.8 Å². The number of halogens is 2. The first-order valence-corrected chi connectivity index (χ1v) is 9.64. The predicted molar refractivity (Wildman–Crippen MR) is 107 cm³/mol. The Morgan fingerprint density at radius 2 is 1.81 bits per heavy atom. The molecule has 1 N–H and O–H groups in total. The second-order valence-corrected chi connectivity index (χ2v) is 7.47. The minimum atomic E-state index is -0.286. The highest BCUT2D eigenvalue weighted by atomic mass is 127. The fraction of sp³-hybridized carbons (Fsp3) is 0.200. The SMILES string of the molecule is O=C(Nc1ccccc1I)c1nn(-c2ccc(F)cc2)c2c1CCCC2. The van der Waals surface area contributed by atoms with Crippen molar-refractivity contribution in [2.24, 2.45) is 0 Å². The molecule has 4 nitrogen and oxygen atoms in total. The number of aromatic nitrogens is 2. The van der Waals surface area contributed by atoms with Gasteiger partial charge in [0.2, 0.25) is 0 Å². The van der Waals surface area contributed by atoms with E-state index in [-0.39, 0.29) is 11.7 Å². The second kappa shape index (κ2) is 7.19. The van der Waals surface area contributed by atoms with Gasteiger partial charge < -0.3 is 5.32 Å². The fourth-order valence-corrected chi connectivity index (χ4v) is 3.84. The molecule has 1 aromatic heterocycles. The summed E-state index contributed by atoms with van der Waals surface area (Å²) in [6.45, 7) is 0. The molecule has 0 unspecified atom stereocenters. The number of nitrogens with one attached hydrogen (secondary N) is 1. The van der Waals surface area contributed by atoms with Crippen molar-refractivity contribution in [3.8, 4) is 5.69 Å². The first-order chi connectivity index (χ1) is 12.6. The van der Waals surface area contributed by atoms with Crippen LogP contribution in [0.5, 0.6) is 0 Å². The molecule has 6 heteroatoms. The Morgan fingerprint density at radius 1 is 1.08 bits per heavy atom. The van der Waals surface area contributed by atoms with Gasteiger partial charge in [-0.05, 0) is 84.7 Å². The van der Waals surface area contributed by atoms with E-state index in [1.165, 1.54) is 12.1 Å². The third-order valence-electron chi connectivity index (χ3n) is 4.59.